The van der Waals surface area contributed by atoms with E-state index in [2.05, 4.69) is 31.2 Å². The van der Waals surface area contributed by atoms with Gasteiger partial charge >= 0.3 is 0 Å². The molecule has 0 fully saturated rings. The second kappa shape index (κ2) is 7.76. The number of thiazole rings is 1. The molecule has 1 unspecified atom stereocenters. The lowest BCUT2D eigenvalue weighted by atomic mass is 10.2. The maximum atomic E-state index is 12.6. The van der Waals surface area contributed by atoms with Crippen molar-refractivity contribution in [3.63, 3.8) is 0 Å². The molecule has 0 aliphatic carbocycles. The van der Waals surface area contributed by atoms with Crippen LogP contribution in [0.15, 0.2) is 52.4 Å². The Morgan fingerprint density at radius 2 is 2.04 bits per heavy atom. The predicted molar refractivity (Wildman–Crippen MR) is 101 cm³/mol. The van der Waals surface area contributed by atoms with E-state index >= 15 is 0 Å². The molecule has 1 aromatic carbocycles. The van der Waals surface area contributed by atoms with Gasteiger partial charge in [0.05, 0.1) is 16.7 Å². The Bertz CT molecular complexity index is 880. The highest BCUT2D eigenvalue weighted by Gasteiger charge is 2.18. The number of ether oxygens (including phenoxy) is 1. The van der Waals surface area contributed by atoms with Crippen molar-refractivity contribution in [3.8, 4) is 11.6 Å². The second-order valence-electron chi connectivity index (χ2n) is 5.40. The molecule has 25 heavy (non-hydrogen) atoms. The molecule has 1 atom stereocenters. The van der Waals surface area contributed by atoms with E-state index in [0.717, 1.165) is 15.2 Å². The molecule has 2 heterocycles. The Kier molecular flexibility index (Phi) is 5.45. The normalized spacial score (nSPS) is 11.8. The topological polar surface area (TPSA) is 64.1 Å². The van der Waals surface area contributed by atoms with E-state index in [9.17, 15) is 4.79 Å². The van der Waals surface area contributed by atoms with Gasteiger partial charge in [-0.3, -0.25) is 4.79 Å². The molecule has 0 saturated heterocycles. The fourth-order valence-corrected chi connectivity index (χ4v) is 3.16. The van der Waals surface area contributed by atoms with Crippen molar-refractivity contribution in [2.75, 3.05) is 0 Å². The lowest BCUT2D eigenvalue weighted by molar-refractivity contribution is 0.0936. The Balaban J connectivity index is 1.77. The Morgan fingerprint density at radius 1 is 1.28 bits per heavy atom. The summed E-state index contributed by atoms with van der Waals surface area (Å²) in [5, 5.41) is 5.86. The highest BCUT2D eigenvalue weighted by atomic mass is 79.9. The van der Waals surface area contributed by atoms with E-state index in [4.69, 9.17) is 4.74 Å². The van der Waals surface area contributed by atoms with Gasteiger partial charge in [-0.25, -0.2) is 9.97 Å². The molecule has 0 radical (unpaired) electrons. The van der Waals surface area contributed by atoms with E-state index < -0.39 is 0 Å². The zero-order valence-electron chi connectivity index (χ0n) is 13.7. The van der Waals surface area contributed by atoms with Crippen LogP contribution in [0.5, 0.6) is 11.6 Å². The summed E-state index contributed by atoms with van der Waals surface area (Å²) < 4.78 is 6.72. The number of hydrogen-bond donors (Lipinski definition) is 1. The monoisotopic (exact) mass is 417 g/mol. The maximum Gasteiger partial charge on any atom is 0.257 e. The molecule has 128 valence electrons. The Hall–Kier alpha value is -2.25. The number of aromatic nitrogens is 2. The van der Waals surface area contributed by atoms with Crippen molar-refractivity contribution in [2.24, 2.45) is 0 Å². The van der Waals surface area contributed by atoms with Crippen molar-refractivity contribution in [1.82, 2.24) is 15.3 Å². The number of rotatable bonds is 5. The van der Waals surface area contributed by atoms with Gasteiger partial charge in [0.15, 0.2) is 0 Å². The van der Waals surface area contributed by atoms with Crippen molar-refractivity contribution < 1.29 is 9.53 Å². The molecule has 2 aromatic heterocycles. The number of carbonyl (C=O) groups is 1. The number of pyridine rings is 1. The summed E-state index contributed by atoms with van der Waals surface area (Å²) in [6, 6.07) is 10.5. The zero-order valence-corrected chi connectivity index (χ0v) is 16.1. The maximum absolute atomic E-state index is 12.6. The van der Waals surface area contributed by atoms with Crippen LogP contribution in [0, 0.1) is 6.92 Å². The summed E-state index contributed by atoms with van der Waals surface area (Å²) in [5.74, 6) is 0.626. The first-order chi connectivity index (χ1) is 12.0. The minimum absolute atomic E-state index is 0.196. The van der Waals surface area contributed by atoms with Crippen molar-refractivity contribution in [2.45, 2.75) is 19.9 Å². The third-order valence-corrected chi connectivity index (χ3v) is 4.79. The molecular weight excluding hydrogens is 402 g/mol. The van der Waals surface area contributed by atoms with E-state index in [1.807, 2.05) is 31.4 Å². The average Bonchev–Trinajstić information content (AvgIpc) is 3.04. The number of carbonyl (C=O) groups excluding carboxylic acids is 1. The van der Waals surface area contributed by atoms with Gasteiger partial charge in [-0.15, -0.1) is 11.3 Å². The van der Waals surface area contributed by atoms with Crippen molar-refractivity contribution >= 4 is 33.2 Å². The van der Waals surface area contributed by atoms with Crippen LogP contribution in [0.1, 0.15) is 34.0 Å². The number of nitrogens with one attached hydrogen (secondary N) is 1. The van der Waals surface area contributed by atoms with Gasteiger partial charge in [-0.05, 0) is 50.2 Å². The van der Waals surface area contributed by atoms with Crippen molar-refractivity contribution in [1.29, 1.82) is 0 Å². The standard InChI is InChI=1S/C18H16BrN3O2S/c1-11(16-10-25-12(2)22-16)21-17(23)15-4-3-9-20-18(15)24-14-7-5-13(19)6-8-14/h3-11H,1-2H3,(H,21,23). The molecule has 3 aromatic rings. The largest absolute Gasteiger partial charge is 0.438 e. The minimum Gasteiger partial charge on any atom is -0.438 e. The molecular formula is C18H16BrN3O2S. The van der Waals surface area contributed by atoms with Crippen LogP contribution < -0.4 is 10.1 Å². The zero-order chi connectivity index (χ0) is 17.8. The van der Waals surface area contributed by atoms with Gasteiger partial charge in [0.2, 0.25) is 5.88 Å². The first-order valence-corrected chi connectivity index (χ1v) is 9.31. The van der Waals surface area contributed by atoms with Crippen LogP contribution in [-0.4, -0.2) is 15.9 Å². The number of halogens is 1. The minimum atomic E-state index is -0.252. The van der Waals surface area contributed by atoms with Gasteiger partial charge in [0, 0.05) is 16.0 Å². The van der Waals surface area contributed by atoms with Gasteiger partial charge in [0.1, 0.15) is 11.3 Å². The number of hydrogen-bond acceptors (Lipinski definition) is 5. The van der Waals surface area contributed by atoms with E-state index in [-0.39, 0.29) is 17.8 Å². The van der Waals surface area contributed by atoms with Gasteiger partial charge in [0.25, 0.3) is 5.91 Å². The molecule has 7 heteroatoms. The van der Waals surface area contributed by atoms with Crippen LogP contribution >= 0.6 is 27.3 Å². The van der Waals surface area contributed by atoms with Crippen LogP contribution in [-0.2, 0) is 0 Å². The molecule has 1 N–H and O–H groups in total. The van der Waals surface area contributed by atoms with E-state index in [1.54, 1.807) is 41.8 Å². The van der Waals surface area contributed by atoms with Crippen LogP contribution in [0.2, 0.25) is 0 Å². The molecule has 0 bridgehead atoms. The predicted octanol–water partition coefficient (Wildman–Crippen LogP) is 4.89. The molecule has 0 aliphatic heterocycles. The summed E-state index contributed by atoms with van der Waals surface area (Å²) in [7, 11) is 0. The summed E-state index contributed by atoms with van der Waals surface area (Å²) in [4.78, 5) is 21.2. The smallest absolute Gasteiger partial charge is 0.257 e. The van der Waals surface area contributed by atoms with Crippen molar-refractivity contribution in [3.05, 3.63) is 68.7 Å². The number of amides is 1. The van der Waals surface area contributed by atoms with Crippen LogP contribution in [0.25, 0.3) is 0 Å². The highest BCUT2D eigenvalue weighted by molar-refractivity contribution is 9.10. The lowest BCUT2D eigenvalue weighted by Crippen LogP contribution is -2.27. The first kappa shape index (κ1) is 17.6. The lowest BCUT2D eigenvalue weighted by Gasteiger charge is -2.14. The summed E-state index contributed by atoms with van der Waals surface area (Å²) >= 11 is 4.94. The number of nitrogens with zero attached hydrogens (tertiary/aromatic N) is 2. The number of benzene rings is 1. The molecule has 0 saturated carbocycles. The third kappa shape index (κ3) is 4.43. The third-order valence-electron chi connectivity index (χ3n) is 3.47. The molecule has 1 amide bonds. The SMILES string of the molecule is Cc1nc(C(C)NC(=O)c2cccnc2Oc2ccc(Br)cc2)cs1. The van der Waals surface area contributed by atoms with E-state index in [0.29, 0.717) is 11.3 Å². The molecule has 3 rings (SSSR count). The fourth-order valence-electron chi connectivity index (χ4n) is 2.19. The van der Waals surface area contributed by atoms with Gasteiger partial charge in [-0.2, -0.15) is 0 Å². The van der Waals surface area contributed by atoms with Crippen LogP contribution in [0.3, 0.4) is 0 Å². The highest BCUT2D eigenvalue weighted by Crippen LogP contribution is 2.25. The van der Waals surface area contributed by atoms with Gasteiger partial charge < -0.3 is 10.1 Å². The quantitative estimate of drug-likeness (QED) is 0.641. The van der Waals surface area contributed by atoms with Crippen LogP contribution in [0.4, 0.5) is 0 Å². The number of aryl methyl sites for hydroxylation is 1. The average molecular weight is 418 g/mol. The van der Waals surface area contributed by atoms with Gasteiger partial charge in [-0.1, -0.05) is 15.9 Å². The summed E-state index contributed by atoms with van der Waals surface area (Å²) in [6.45, 7) is 3.84. The molecule has 5 nitrogen and oxygen atoms in total. The first-order valence-electron chi connectivity index (χ1n) is 7.64. The molecule has 0 spiro atoms. The summed E-state index contributed by atoms with van der Waals surface area (Å²) in [5.41, 5.74) is 1.22. The molecule has 0 aliphatic rings. The van der Waals surface area contributed by atoms with E-state index in [1.165, 1.54) is 0 Å². The Morgan fingerprint density at radius 3 is 2.72 bits per heavy atom. The Labute approximate surface area is 158 Å². The summed E-state index contributed by atoms with van der Waals surface area (Å²) in [6.07, 6.45) is 1.60. The second-order valence-corrected chi connectivity index (χ2v) is 7.38. The fraction of sp³-hybridized carbons (Fsp3) is 0.167.